The lowest BCUT2D eigenvalue weighted by atomic mass is 10.0. The fourth-order valence-electron chi connectivity index (χ4n) is 3.23. The molecule has 1 aliphatic heterocycles. The van der Waals surface area contributed by atoms with Crippen LogP contribution in [0.25, 0.3) is 0 Å². The maximum absolute atomic E-state index is 13.5. The topological polar surface area (TPSA) is 116 Å². The zero-order chi connectivity index (χ0) is 21.4. The van der Waals surface area contributed by atoms with Crippen LogP contribution in [-0.2, 0) is 17.1 Å². The number of nitrogens with zero attached hydrogens (tertiary/aromatic N) is 2. The predicted molar refractivity (Wildman–Crippen MR) is 104 cm³/mol. The molecular weight excluding hydrogens is 399 g/mol. The Morgan fingerprint density at radius 1 is 1.59 bits per heavy atom. The molecule has 1 aromatic carbocycles. The lowest BCUT2D eigenvalue weighted by molar-refractivity contribution is 0.179. The van der Waals surface area contributed by atoms with Crippen LogP contribution in [0.5, 0.6) is 5.75 Å². The van der Waals surface area contributed by atoms with Crippen LogP contribution in [0.2, 0.25) is 0 Å². The van der Waals surface area contributed by atoms with Gasteiger partial charge < -0.3 is 19.7 Å². The summed E-state index contributed by atoms with van der Waals surface area (Å²) in [6, 6.07) is 5.44. The van der Waals surface area contributed by atoms with Crippen LogP contribution in [0.4, 0.5) is 10.1 Å². The van der Waals surface area contributed by atoms with Crippen LogP contribution in [0.3, 0.4) is 0 Å². The molecular formula is C19H21FN4O4S. The number of fused-ring (bicyclic) bond motifs is 1. The number of anilines is 1. The predicted octanol–water partition coefficient (Wildman–Crippen LogP) is 2.14. The Morgan fingerprint density at radius 2 is 2.31 bits per heavy atom. The summed E-state index contributed by atoms with van der Waals surface area (Å²) >= 11 is 0. The number of sulfonamides is 1. The summed E-state index contributed by atoms with van der Waals surface area (Å²) in [5.74, 6) is -0.655. The molecule has 0 radical (unpaired) electrons. The first kappa shape index (κ1) is 20.9. The van der Waals surface area contributed by atoms with Crippen molar-refractivity contribution in [2.45, 2.75) is 30.0 Å². The van der Waals surface area contributed by atoms with Gasteiger partial charge in [-0.15, -0.1) is 6.58 Å². The maximum atomic E-state index is 13.5. The van der Waals surface area contributed by atoms with Crippen LogP contribution in [0, 0.1) is 17.1 Å². The maximum Gasteiger partial charge on any atom is 0.246 e. The van der Waals surface area contributed by atoms with E-state index in [-0.39, 0.29) is 34.2 Å². The molecule has 2 atom stereocenters. The second kappa shape index (κ2) is 7.51. The number of halogens is 1. The van der Waals surface area contributed by atoms with E-state index in [2.05, 4.69) is 16.6 Å². The van der Waals surface area contributed by atoms with Gasteiger partial charge in [0.25, 0.3) is 0 Å². The first-order valence-electron chi connectivity index (χ1n) is 8.71. The molecule has 2 unspecified atom stereocenters. The Kier molecular flexibility index (Phi) is 5.40. The van der Waals surface area contributed by atoms with Gasteiger partial charge in [0.05, 0.1) is 11.1 Å². The minimum Gasteiger partial charge on any atom is -0.488 e. The van der Waals surface area contributed by atoms with Gasteiger partial charge in [-0.25, -0.2) is 17.5 Å². The Bertz CT molecular complexity index is 1110. The third kappa shape index (κ3) is 3.98. The van der Waals surface area contributed by atoms with E-state index in [0.717, 1.165) is 6.07 Å². The summed E-state index contributed by atoms with van der Waals surface area (Å²) in [6.45, 7) is 5.38. The molecule has 29 heavy (non-hydrogen) atoms. The monoisotopic (exact) mass is 420 g/mol. The highest BCUT2D eigenvalue weighted by Gasteiger charge is 2.39. The van der Waals surface area contributed by atoms with Crippen molar-refractivity contribution in [1.29, 1.82) is 5.26 Å². The largest absolute Gasteiger partial charge is 0.488 e. The molecule has 10 heteroatoms. The number of nitrogens with one attached hydrogen (secondary N) is 2. The van der Waals surface area contributed by atoms with E-state index in [1.54, 1.807) is 26.1 Å². The first-order chi connectivity index (χ1) is 13.6. The van der Waals surface area contributed by atoms with Crippen molar-refractivity contribution >= 4 is 15.7 Å². The van der Waals surface area contributed by atoms with E-state index in [1.807, 2.05) is 0 Å². The summed E-state index contributed by atoms with van der Waals surface area (Å²) in [5.41, 5.74) is -0.608. The van der Waals surface area contributed by atoms with Crippen LogP contribution in [-0.4, -0.2) is 30.2 Å². The van der Waals surface area contributed by atoms with E-state index in [1.165, 1.54) is 22.9 Å². The average molecular weight is 420 g/mol. The number of rotatable bonds is 5. The van der Waals surface area contributed by atoms with Crippen molar-refractivity contribution in [3.05, 3.63) is 54.1 Å². The normalized spacial score (nSPS) is 21.2. The number of aliphatic hydroxyl groups excluding tert-OH is 1. The molecule has 1 aliphatic rings. The Labute approximate surface area is 168 Å². The standard InChI is InChI=1S/C19H21FN4O4S/c1-4-7-19(2)11-28-17-15(29(26,27)23-19)10-24(3)16(17)18(25)22-13-5-6-14(20)12(8-13)9-21/h4-6,8,10,18,22-23,25H,1,7,11H2,2-3H3. The molecule has 0 saturated carbocycles. The van der Waals surface area contributed by atoms with Gasteiger partial charge in [0.1, 0.15) is 29.1 Å². The summed E-state index contributed by atoms with van der Waals surface area (Å²) in [5, 5.41) is 22.4. The second-order valence-electron chi connectivity index (χ2n) is 7.12. The smallest absolute Gasteiger partial charge is 0.246 e. The average Bonchev–Trinajstić information content (AvgIpc) is 2.94. The third-order valence-corrected chi connectivity index (χ3v) is 6.23. The lowest BCUT2D eigenvalue weighted by Gasteiger charge is -2.26. The molecule has 2 aromatic rings. The minimum atomic E-state index is -3.91. The van der Waals surface area contributed by atoms with Gasteiger partial charge in [0.15, 0.2) is 12.0 Å². The van der Waals surface area contributed by atoms with Crippen molar-refractivity contribution in [3.63, 3.8) is 0 Å². The molecule has 0 amide bonds. The lowest BCUT2D eigenvalue weighted by Crippen LogP contribution is -2.48. The van der Waals surface area contributed by atoms with Gasteiger partial charge in [-0.05, 0) is 31.5 Å². The van der Waals surface area contributed by atoms with Crippen LogP contribution < -0.4 is 14.8 Å². The molecule has 3 N–H and O–H groups in total. The summed E-state index contributed by atoms with van der Waals surface area (Å²) < 4.78 is 49.0. The van der Waals surface area contributed by atoms with Crippen molar-refractivity contribution < 1.29 is 22.7 Å². The number of ether oxygens (including phenoxy) is 1. The van der Waals surface area contributed by atoms with E-state index >= 15 is 0 Å². The Balaban J connectivity index is 1.98. The van der Waals surface area contributed by atoms with Crippen molar-refractivity contribution in [3.8, 4) is 11.8 Å². The molecule has 0 spiro atoms. The highest BCUT2D eigenvalue weighted by Crippen LogP contribution is 2.38. The number of aryl methyl sites for hydroxylation is 1. The quantitative estimate of drug-likeness (QED) is 0.504. The van der Waals surface area contributed by atoms with Gasteiger partial charge in [-0.1, -0.05) is 6.08 Å². The third-order valence-electron chi connectivity index (χ3n) is 4.60. The molecule has 0 bridgehead atoms. The minimum absolute atomic E-state index is 0.0235. The summed E-state index contributed by atoms with van der Waals surface area (Å²) in [4.78, 5) is -0.0968. The fraction of sp³-hybridized carbons (Fsp3) is 0.316. The molecule has 0 aliphatic carbocycles. The van der Waals surface area contributed by atoms with Crippen molar-refractivity contribution in [2.75, 3.05) is 11.9 Å². The first-order valence-corrected chi connectivity index (χ1v) is 10.2. The Morgan fingerprint density at radius 3 is 2.97 bits per heavy atom. The number of hydrogen-bond acceptors (Lipinski definition) is 6. The zero-order valence-corrected chi connectivity index (χ0v) is 16.8. The number of hydrogen-bond donors (Lipinski definition) is 3. The van der Waals surface area contributed by atoms with E-state index in [4.69, 9.17) is 10.00 Å². The molecule has 154 valence electrons. The van der Waals surface area contributed by atoms with Crippen LogP contribution >= 0.6 is 0 Å². The van der Waals surface area contributed by atoms with Gasteiger partial charge in [0.2, 0.25) is 10.0 Å². The van der Waals surface area contributed by atoms with Gasteiger partial charge >= 0.3 is 0 Å². The molecule has 0 saturated heterocycles. The van der Waals surface area contributed by atoms with Crippen LogP contribution in [0.15, 0.2) is 41.9 Å². The molecule has 3 rings (SSSR count). The summed E-state index contributed by atoms with van der Waals surface area (Å²) in [7, 11) is -2.34. The number of benzene rings is 1. The number of aromatic nitrogens is 1. The number of nitriles is 1. The molecule has 1 aromatic heterocycles. The summed E-state index contributed by atoms with van der Waals surface area (Å²) in [6.07, 6.45) is 1.93. The highest BCUT2D eigenvalue weighted by atomic mass is 32.2. The van der Waals surface area contributed by atoms with Gasteiger partial charge in [-0.3, -0.25) is 0 Å². The highest BCUT2D eigenvalue weighted by molar-refractivity contribution is 7.89. The SMILES string of the molecule is C=CCC1(C)COc2c(cn(C)c2C(O)Nc2ccc(F)c(C#N)c2)S(=O)(=O)N1. The van der Waals surface area contributed by atoms with Crippen LogP contribution in [0.1, 0.15) is 30.8 Å². The van der Waals surface area contributed by atoms with Gasteiger partial charge in [-0.2, -0.15) is 5.26 Å². The second-order valence-corrected chi connectivity index (χ2v) is 8.77. The van der Waals surface area contributed by atoms with E-state index in [9.17, 15) is 17.9 Å². The fourth-order valence-corrected chi connectivity index (χ4v) is 4.84. The van der Waals surface area contributed by atoms with Crippen molar-refractivity contribution in [1.82, 2.24) is 9.29 Å². The van der Waals surface area contributed by atoms with Crippen molar-refractivity contribution in [2.24, 2.45) is 7.05 Å². The Hall–Kier alpha value is -2.87. The molecule has 2 heterocycles. The zero-order valence-electron chi connectivity index (χ0n) is 15.9. The molecule has 8 nitrogen and oxygen atoms in total. The molecule has 0 fully saturated rings. The van der Waals surface area contributed by atoms with E-state index < -0.39 is 27.6 Å². The van der Waals surface area contributed by atoms with Gasteiger partial charge in [0, 0.05) is 18.9 Å². The number of aliphatic hydroxyl groups is 1. The van der Waals surface area contributed by atoms with E-state index in [0.29, 0.717) is 6.42 Å².